The molecule has 2 atom stereocenters. The Morgan fingerprint density at radius 3 is 2.96 bits per heavy atom. The summed E-state index contributed by atoms with van der Waals surface area (Å²) in [6, 6.07) is 7.46. The van der Waals surface area contributed by atoms with Crippen LogP contribution in [0.4, 0.5) is 0 Å². The van der Waals surface area contributed by atoms with Gasteiger partial charge in [0.25, 0.3) is 0 Å². The number of H-pyrrole nitrogens is 1. The van der Waals surface area contributed by atoms with Gasteiger partial charge >= 0.3 is 0 Å². The third-order valence-electron chi connectivity index (χ3n) is 6.19. The van der Waals surface area contributed by atoms with Gasteiger partial charge in [0, 0.05) is 49.3 Å². The van der Waals surface area contributed by atoms with E-state index in [1.807, 2.05) is 0 Å². The van der Waals surface area contributed by atoms with Gasteiger partial charge in [-0.05, 0) is 44.0 Å². The third-order valence-corrected chi connectivity index (χ3v) is 6.19. The number of benzene rings is 1. The van der Waals surface area contributed by atoms with Gasteiger partial charge in [-0.1, -0.05) is 12.1 Å². The summed E-state index contributed by atoms with van der Waals surface area (Å²) < 4.78 is 0. The van der Waals surface area contributed by atoms with E-state index >= 15 is 0 Å². The normalized spacial score (nSPS) is 29.3. The summed E-state index contributed by atoms with van der Waals surface area (Å²) in [7, 11) is 2.27. The molecule has 23 heavy (non-hydrogen) atoms. The van der Waals surface area contributed by atoms with E-state index in [0.29, 0.717) is 12.2 Å². The van der Waals surface area contributed by atoms with Crippen molar-refractivity contribution in [3.63, 3.8) is 0 Å². The summed E-state index contributed by atoms with van der Waals surface area (Å²) in [6.07, 6.45) is 3.05. The molecule has 0 amide bonds. The van der Waals surface area contributed by atoms with Gasteiger partial charge in [-0.15, -0.1) is 0 Å². The highest BCUT2D eigenvalue weighted by Crippen LogP contribution is 2.40. The Bertz CT molecular complexity index is 749. The molecule has 3 aliphatic heterocycles. The number of hydrogen-bond donors (Lipinski definition) is 1. The van der Waals surface area contributed by atoms with Crippen molar-refractivity contribution in [3.05, 3.63) is 35.0 Å². The van der Waals surface area contributed by atoms with Crippen LogP contribution in [0.3, 0.4) is 0 Å². The molecule has 0 saturated carbocycles. The highest BCUT2D eigenvalue weighted by Gasteiger charge is 2.42. The lowest BCUT2D eigenvalue weighted by Gasteiger charge is -2.53. The minimum atomic E-state index is 0.583. The molecule has 4 heteroatoms. The topological polar surface area (TPSA) is 25.5 Å². The number of hydrogen-bond acceptors (Lipinski definition) is 3. The number of nitrogens with one attached hydrogen (secondary N) is 1. The van der Waals surface area contributed by atoms with E-state index in [2.05, 4.69) is 51.9 Å². The average molecular weight is 310 g/mol. The fraction of sp³-hybridized carbons (Fsp3) is 0.579. The van der Waals surface area contributed by atoms with Crippen LogP contribution >= 0.6 is 0 Å². The molecule has 3 aliphatic rings. The number of aromatic amines is 1. The number of rotatable bonds is 0. The zero-order valence-electron chi connectivity index (χ0n) is 14.2. The Balaban J connectivity index is 1.55. The highest BCUT2D eigenvalue weighted by molar-refractivity contribution is 5.85. The molecule has 1 N–H and O–H groups in total. The van der Waals surface area contributed by atoms with Crippen LogP contribution in [-0.2, 0) is 6.42 Å². The van der Waals surface area contributed by atoms with Crippen LogP contribution in [-0.4, -0.2) is 65.6 Å². The van der Waals surface area contributed by atoms with Gasteiger partial charge in [-0.2, -0.15) is 0 Å². The smallest absolute Gasteiger partial charge is 0.0759 e. The van der Waals surface area contributed by atoms with E-state index in [1.54, 1.807) is 5.56 Å². The third kappa shape index (κ3) is 2.09. The summed E-state index contributed by atoms with van der Waals surface area (Å²) >= 11 is 0. The first-order chi connectivity index (χ1) is 11.2. The predicted molar refractivity (Wildman–Crippen MR) is 93.7 cm³/mol. The lowest BCUT2D eigenvalue weighted by molar-refractivity contribution is -0.0772. The average Bonchev–Trinajstić information content (AvgIpc) is 2.92. The number of likely N-dealkylation sites (N-methyl/N-ethyl adjacent to an activating group) is 1. The maximum absolute atomic E-state index is 3.79. The molecule has 0 bridgehead atoms. The van der Waals surface area contributed by atoms with Gasteiger partial charge in [0.1, 0.15) is 0 Å². The first kappa shape index (κ1) is 14.0. The molecule has 1 aromatic carbocycles. The van der Waals surface area contributed by atoms with Gasteiger partial charge < -0.3 is 9.88 Å². The number of nitrogens with zero attached hydrogens (tertiary/aromatic N) is 3. The fourth-order valence-electron chi connectivity index (χ4n) is 4.97. The number of aryl methyl sites for hydroxylation is 1. The Hall–Kier alpha value is -1.36. The highest BCUT2D eigenvalue weighted by atomic mass is 15.4. The van der Waals surface area contributed by atoms with E-state index in [-0.39, 0.29) is 0 Å². The minimum Gasteiger partial charge on any atom is -0.357 e. The maximum atomic E-state index is 3.79. The second kappa shape index (κ2) is 5.07. The SMILES string of the molecule is Cc1ccc2c3c([nH]c2c1)[C@H]1CCN2CCN(C)C[C@H]2N1CC3. The molecule has 1 aromatic heterocycles. The number of fused-ring (bicyclic) bond motifs is 7. The van der Waals surface area contributed by atoms with Crippen LogP contribution in [0.25, 0.3) is 10.9 Å². The quantitative estimate of drug-likeness (QED) is 0.809. The fourth-order valence-corrected chi connectivity index (χ4v) is 4.97. The van der Waals surface area contributed by atoms with Crippen molar-refractivity contribution in [1.29, 1.82) is 0 Å². The molecule has 2 aromatic rings. The second-order valence-corrected chi connectivity index (χ2v) is 7.64. The number of aromatic nitrogens is 1. The molecule has 0 aliphatic carbocycles. The second-order valence-electron chi connectivity index (χ2n) is 7.64. The largest absolute Gasteiger partial charge is 0.357 e. The van der Waals surface area contributed by atoms with Gasteiger partial charge in [0.15, 0.2) is 0 Å². The van der Waals surface area contributed by atoms with Gasteiger partial charge in [0.2, 0.25) is 0 Å². The lowest BCUT2D eigenvalue weighted by atomic mass is 9.92. The number of piperazine rings is 1. The summed E-state index contributed by atoms with van der Waals surface area (Å²) in [4.78, 5) is 11.8. The van der Waals surface area contributed by atoms with Crippen molar-refractivity contribution in [1.82, 2.24) is 19.7 Å². The lowest BCUT2D eigenvalue weighted by Crippen LogP contribution is -2.64. The van der Waals surface area contributed by atoms with Crippen molar-refractivity contribution >= 4 is 10.9 Å². The van der Waals surface area contributed by atoms with E-state index in [9.17, 15) is 0 Å². The molecule has 0 unspecified atom stereocenters. The van der Waals surface area contributed by atoms with Crippen molar-refractivity contribution < 1.29 is 0 Å². The summed E-state index contributed by atoms with van der Waals surface area (Å²) in [5, 5.41) is 1.45. The zero-order chi connectivity index (χ0) is 15.6. The summed E-state index contributed by atoms with van der Waals surface area (Å²) in [5.74, 6) is 0. The van der Waals surface area contributed by atoms with Crippen molar-refractivity contribution in [2.45, 2.75) is 32.0 Å². The minimum absolute atomic E-state index is 0.583. The van der Waals surface area contributed by atoms with Crippen LogP contribution in [0, 0.1) is 6.92 Å². The van der Waals surface area contributed by atoms with E-state index in [1.165, 1.54) is 67.7 Å². The van der Waals surface area contributed by atoms with Gasteiger partial charge in [-0.3, -0.25) is 9.80 Å². The predicted octanol–water partition coefficient (Wildman–Crippen LogP) is 2.35. The van der Waals surface area contributed by atoms with Crippen molar-refractivity contribution in [3.8, 4) is 0 Å². The Morgan fingerprint density at radius 1 is 1.13 bits per heavy atom. The molecule has 2 saturated heterocycles. The standard InChI is InChI=1S/C19H26N4/c1-13-3-4-14-15-5-8-23-17(19(15)20-16(14)11-13)6-7-22-10-9-21(2)12-18(22)23/h3-4,11,17-18,20H,5-10,12H2,1-2H3/t17-,18-/m1/s1. The van der Waals surface area contributed by atoms with Crippen LogP contribution in [0.1, 0.15) is 29.3 Å². The first-order valence-electron chi connectivity index (χ1n) is 9.00. The van der Waals surface area contributed by atoms with Crippen LogP contribution in [0.5, 0.6) is 0 Å². The van der Waals surface area contributed by atoms with Crippen LogP contribution in [0.15, 0.2) is 18.2 Å². The van der Waals surface area contributed by atoms with Crippen LogP contribution in [0.2, 0.25) is 0 Å². The van der Waals surface area contributed by atoms with Crippen LogP contribution < -0.4 is 0 Å². The van der Waals surface area contributed by atoms with E-state index in [0.717, 1.165) is 0 Å². The van der Waals surface area contributed by atoms with Crippen molar-refractivity contribution in [2.24, 2.45) is 0 Å². The van der Waals surface area contributed by atoms with Gasteiger partial charge in [0.05, 0.1) is 12.2 Å². The monoisotopic (exact) mass is 310 g/mol. The molecule has 0 radical (unpaired) electrons. The van der Waals surface area contributed by atoms with Gasteiger partial charge in [-0.25, -0.2) is 0 Å². The molecule has 4 nitrogen and oxygen atoms in total. The molecular weight excluding hydrogens is 284 g/mol. The Morgan fingerprint density at radius 2 is 2.04 bits per heavy atom. The first-order valence-corrected chi connectivity index (χ1v) is 9.00. The molecule has 2 fully saturated rings. The Labute approximate surface area is 138 Å². The van der Waals surface area contributed by atoms with Crippen molar-refractivity contribution in [2.75, 3.05) is 39.8 Å². The van der Waals surface area contributed by atoms with E-state index in [4.69, 9.17) is 0 Å². The van der Waals surface area contributed by atoms with E-state index < -0.39 is 0 Å². The summed E-state index contributed by atoms with van der Waals surface area (Å²) in [5.41, 5.74) is 5.76. The maximum Gasteiger partial charge on any atom is 0.0759 e. The molecular formula is C19H26N4. The molecule has 4 heterocycles. The Kier molecular flexibility index (Phi) is 3.09. The molecule has 122 valence electrons. The molecule has 0 spiro atoms. The summed E-state index contributed by atoms with van der Waals surface area (Å²) in [6.45, 7) is 8.25. The zero-order valence-corrected chi connectivity index (χ0v) is 14.2. The molecule has 5 rings (SSSR count).